The maximum atomic E-state index is 12.8. The van der Waals surface area contributed by atoms with Gasteiger partial charge in [-0.1, -0.05) is 35.3 Å². The van der Waals surface area contributed by atoms with Crippen molar-refractivity contribution in [2.24, 2.45) is 4.99 Å². The Labute approximate surface area is 211 Å². The monoisotopic (exact) mass is 528 g/mol. The molecule has 2 aliphatic heterocycles. The van der Waals surface area contributed by atoms with Gasteiger partial charge >= 0.3 is 6.36 Å². The second-order valence-corrected chi connectivity index (χ2v) is 9.35. The maximum Gasteiger partial charge on any atom is 0.573 e. The number of aliphatic imine (C=N–C) groups is 1. The first kappa shape index (κ1) is 25.5. The van der Waals surface area contributed by atoms with Crippen molar-refractivity contribution in [3.63, 3.8) is 0 Å². The fourth-order valence-corrected chi connectivity index (χ4v) is 4.60. The molecule has 6 nitrogen and oxygen atoms in total. The van der Waals surface area contributed by atoms with Gasteiger partial charge in [0.05, 0.1) is 12.4 Å². The van der Waals surface area contributed by atoms with Gasteiger partial charge in [-0.25, -0.2) is 4.99 Å². The quantitative estimate of drug-likeness (QED) is 0.516. The molecule has 1 N–H and O–H groups in total. The maximum absolute atomic E-state index is 12.8. The average molecular weight is 529 g/mol. The van der Waals surface area contributed by atoms with Crippen LogP contribution < -0.4 is 4.74 Å². The number of aliphatic hydroxyl groups excluding tert-OH is 1. The summed E-state index contributed by atoms with van der Waals surface area (Å²) in [7, 11) is 1.94. The molecule has 2 aromatic rings. The standard InChI is InChI=1S/C24H25Cl2F3N4O2/c1-31-15-32(7-2-8-34)14-21-23(31)30-22(33(21)13-16-3-5-18(25)6-4-16)11-17-9-19(26)12-20(10-17)35-24(27,28)29/h3-6,9-10,12,14,22,34H,2,7-8,11,13,15H2,1H3. The van der Waals surface area contributed by atoms with Crippen molar-refractivity contribution < 1.29 is 23.0 Å². The predicted molar refractivity (Wildman–Crippen MR) is 129 cm³/mol. The summed E-state index contributed by atoms with van der Waals surface area (Å²) in [5, 5.41) is 10.0. The third kappa shape index (κ3) is 6.54. The fraction of sp³-hybridized carbons (Fsp3) is 0.375. The summed E-state index contributed by atoms with van der Waals surface area (Å²) in [5.74, 6) is 0.442. The van der Waals surface area contributed by atoms with Crippen molar-refractivity contribution in [1.82, 2.24) is 14.7 Å². The van der Waals surface area contributed by atoms with Crippen molar-refractivity contribution in [2.75, 3.05) is 26.9 Å². The number of fused-ring (bicyclic) bond motifs is 1. The van der Waals surface area contributed by atoms with Crippen LogP contribution in [0.1, 0.15) is 17.5 Å². The summed E-state index contributed by atoms with van der Waals surface area (Å²) in [4.78, 5) is 11.2. The van der Waals surface area contributed by atoms with E-state index >= 15 is 0 Å². The first-order valence-electron chi connectivity index (χ1n) is 11.0. The number of halogens is 5. The van der Waals surface area contributed by atoms with E-state index in [4.69, 9.17) is 28.2 Å². The topological polar surface area (TPSA) is 51.5 Å². The van der Waals surface area contributed by atoms with E-state index in [1.165, 1.54) is 6.07 Å². The number of rotatable bonds is 8. The van der Waals surface area contributed by atoms with Gasteiger partial charge in [-0.15, -0.1) is 13.2 Å². The molecular formula is C24H25Cl2F3N4O2. The van der Waals surface area contributed by atoms with Crippen LogP contribution in [0.5, 0.6) is 5.75 Å². The fourth-order valence-electron chi connectivity index (χ4n) is 4.23. The molecule has 11 heteroatoms. The highest BCUT2D eigenvalue weighted by atomic mass is 35.5. The first-order chi connectivity index (χ1) is 16.6. The number of nitrogens with zero attached hydrogens (tertiary/aromatic N) is 4. The lowest BCUT2D eigenvalue weighted by Gasteiger charge is -2.36. The number of ether oxygens (including phenoxy) is 1. The number of hydrogen-bond acceptors (Lipinski definition) is 6. The Morgan fingerprint density at radius 3 is 2.51 bits per heavy atom. The van der Waals surface area contributed by atoms with Crippen molar-refractivity contribution in [3.8, 4) is 5.75 Å². The molecular weight excluding hydrogens is 504 g/mol. The van der Waals surface area contributed by atoms with E-state index in [9.17, 15) is 18.3 Å². The molecule has 0 amide bonds. The number of amidine groups is 1. The van der Waals surface area contributed by atoms with E-state index in [-0.39, 0.29) is 23.5 Å². The molecule has 2 aromatic carbocycles. The van der Waals surface area contributed by atoms with Crippen LogP contribution in [0.3, 0.4) is 0 Å². The molecule has 4 rings (SSSR count). The van der Waals surface area contributed by atoms with Gasteiger partial charge in [0.25, 0.3) is 0 Å². The Balaban J connectivity index is 1.65. The molecule has 188 valence electrons. The van der Waals surface area contributed by atoms with E-state index in [2.05, 4.69) is 14.5 Å². The van der Waals surface area contributed by atoms with Gasteiger partial charge in [0.15, 0.2) is 5.84 Å². The van der Waals surface area contributed by atoms with Crippen molar-refractivity contribution in [2.45, 2.75) is 31.9 Å². The molecule has 0 bridgehead atoms. The van der Waals surface area contributed by atoms with Gasteiger partial charge < -0.3 is 24.5 Å². The first-order valence-corrected chi connectivity index (χ1v) is 11.8. The second kappa shape index (κ2) is 10.6. The minimum atomic E-state index is -4.81. The van der Waals surface area contributed by atoms with Crippen molar-refractivity contribution in [1.29, 1.82) is 0 Å². The van der Waals surface area contributed by atoms with Crippen molar-refractivity contribution in [3.05, 3.63) is 75.5 Å². The SMILES string of the molecule is CN1CN(CCCO)C=C2C1=NC(Cc1cc(Cl)cc(OC(F)(F)F)c1)N2Cc1ccc(Cl)cc1. The lowest BCUT2D eigenvalue weighted by Crippen LogP contribution is -2.44. The van der Waals surface area contributed by atoms with Gasteiger partial charge in [-0.3, -0.25) is 0 Å². The molecule has 0 saturated carbocycles. The number of alkyl halides is 3. The Morgan fingerprint density at radius 2 is 1.83 bits per heavy atom. The molecule has 0 aromatic heterocycles. The van der Waals surface area contributed by atoms with E-state index in [0.29, 0.717) is 43.2 Å². The van der Waals surface area contributed by atoms with Crippen molar-refractivity contribution >= 4 is 29.0 Å². The molecule has 0 radical (unpaired) electrons. The van der Waals surface area contributed by atoms with Gasteiger partial charge in [0.2, 0.25) is 0 Å². The third-order valence-electron chi connectivity index (χ3n) is 5.68. The lowest BCUT2D eigenvalue weighted by molar-refractivity contribution is -0.274. The Bertz CT molecular complexity index is 1110. The number of hydrogen-bond donors (Lipinski definition) is 1. The lowest BCUT2D eigenvalue weighted by atomic mass is 10.1. The summed E-state index contributed by atoms with van der Waals surface area (Å²) in [6, 6.07) is 11.6. The summed E-state index contributed by atoms with van der Waals surface area (Å²) in [6.45, 7) is 1.92. The second-order valence-electron chi connectivity index (χ2n) is 8.48. The van der Waals surface area contributed by atoms with Crippen LogP contribution in [0, 0.1) is 0 Å². The predicted octanol–water partition coefficient (Wildman–Crippen LogP) is 5.10. The molecule has 0 saturated heterocycles. The largest absolute Gasteiger partial charge is 0.573 e. The minimum absolute atomic E-state index is 0.0958. The number of likely N-dealkylation sites (N-methyl/N-ethyl adjacent to an activating group) is 1. The summed E-state index contributed by atoms with van der Waals surface area (Å²) < 4.78 is 42.4. The highest BCUT2D eigenvalue weighted by molar-refractivity contribution is 6.31. The summed E-state index contributed by atoms with van der Waals surface area (Å²) >= 11 is 12.2. The van der Waals surface area contributed by atoms with Crippen LogP contribution in [0.25, 0.3) is 0 Å². The molecule has 1 atom stereocenters. The van der Waals surface area contributed by atoms with E-state index in [0.717, 1.165) is 23.2 Å². The van der Waals surface area contributed by atoms with E-state index in [1.807, 2.05) is 42.4 Å². The third-order valence-corrected chi connectivity index (χ3v) is 6.15. The number of aliphatic hydroxyl groups is 1. The normalized spacial score (nSPS) is 17.9. The van der Waals surface area contributed by atoms with E-state index in [1.54, 1.807) is 6.07 Å². The molecule has 35 heavy (non-hydrogen) atoms. The molecule has 2 aliphatic rings. The van der Waals surface area contributed by atoms with Gasteiger partial charge in [0.1, 0.15) is 11.9 Å². The number of benzene rings is 2. The Hall–Kier alpha value is -2.62. The average Bonchev–Trinajstić information content (AvgIpc) is 3.09. The summed E-state index contributed by atoms with van der Waals surface area (Å²) in [5.41, 5.74) is 2.50. The molecule has 0 fully saturated rings. The zero-order chi connectivity index (χ0) is 25.2. The minimum Gasteiger partial charge on any atom is -0.406 e. The van der Waals surface area contributed by atoms with Gasteiger partial charge in [-0.05, 0) is 47.9 Å². The van der Waals surface area contributed by atoms with Crippen LogP contribution in [0.4, 0.5) is 13.2 Å². The van der Waals surface area contributed by atoms with Crippen LogP contribution in [-0.2, 0) is 13.0 Å². The summed E-state index contributed by atoms with van der Waals surface area (Å²) in [6.07, 6.45) is -2.19. The molecule has 0 aliphatic carbocycles. The highest BCUT2D eigenvalue weighted by Gasteiger charge is 2.36. The molecule has 1 unspecified atom stereocenters. The van der Waals surface area contributed by atoms with Gasteiger partial charge in [-0.2, -0.15) is 0 Å². The molecule has 0 spiro atoms. The Kier molecular flexibility index (Phi) is 7.68. The zero-order valence-electron chi connectivity index (χ0n) is 19.0. The zero-order valence-corrected chi connectivity index (χ0v) is 20.5. The van der Waals surface area contributed by atoms with Gasteiger partial charge in [0, 0.05) is 49.4 Å². The van der Waals surface area contributed by atoms with Crippen LogP contribution in [0.15, 0.2) is 59.4 Å². The van der Waals surface area contributed by atoms with Crippen LogP contribution >= 0.6 is 23.2 Å². The Morgan fingerprint density at radius 1 is 1.09 bits per heavy atom. The van der Waals surface area contributed by atoms with Crippen LogP contribution in [-0.4, -0.2) is 65.0 Å². The smallest absolute Gasteiger partial charge is 0.406 e. The van der Waals surface area contributed by atoms with E-state index < -0.39 is 6.36 Å². The van der Waals surface area contributed by atoms with Crippen LogP contribution in [0.2, 0.25) is 10.0 Å². The molecule has 2 heterocycles. The highest BCUT2D eigenvalue weighted by Crippen LogP contribution is 2.33.